The van der Waals surface area contributed by atoms with Crippen LogP contribution in [-0.4, -0.2) is 61.8 Å². The molecule has 5 aromatic rings. The van der Waals surface area contributed by atoms with Gasteiger partial charge in [0.25, 0.3) is 5.91 Å². The van der Waals surface area contributed by atoms with E-state index in [1.54, 1.807) is 35.6 Å². The number of amides is 1. The van der Waals surface area contributed by atoms with Gasteiger partial charge < -0.3 is 15.0 Å². The summed E-state index contributed by atoms with van der Waals surface area (Å²) >= 11 is 7.97. The van der Waals surface area contributed by atoms with Crippen LogP contribution in [0.15, 0.2) is 59.6 Å². The van der Waals surface area contributed by atoms with Gasteiger partial charge in [-0.25, -0.2) is 0 Å². The van der Waals surface area contributed by atoms with Gasteiger partial charge in [0.1, 0.15) is 28.2 Å². The summed E-state index contributed by atoms with van der Waals surface area (Å²) in [5, 5.41) is 31.8. The van der Waals surface area contributed by atoms with E-state index in [0.29, 0.717) is 27.9 Å². The van der Waals surface area contributed by atoms with Crippen LogP contribution in [0.25, 0.3) is 5.00 Å². The number of rotatable bonds is 6. The zero-order valence-electron chi connectivity index (χ0n) is 34.1. The molecule has 1 saturated heterocycles. The zero-order chi connectivity index (χ0) is 41.2. The number of thiophene rings is 1. The Hall–Kier alpha value is -5.56. The molecule has 1 amide bonds. The van der Waals surface area contributed by atoms with Crippen molar-refractivity contribution in [3.05, 3.63) is 110 Å². The third kappa shape index (κ3) is 7.14. The molecule has 2 aliphatic heterocycles. The van der Waals surface area contributed by atoms with Gasteiger partial charge in [0.05, 0.1) is 22.4 Å². The Morgan fingerprint density at radius 2 is 1.77 bits per heavy atom. The number of anilines is 1. The van der Waals surface area contributed by atoms with Crippen molar-refractivity contribution in [2.45, 2.75) is 103 Å². The van der Waals surface area contributed by atoms with Gasteiger partial charge >= 0.3 is 0 Å². The van der Waals surface area contributed by atoms with Gasteiger partial charge in [0.15, 0.2) is 17.3 Å². The fraction of sp³-hybridized carbons (Fsp3) is 0.426. The van der Waals surface area contributed by atoms with Gasteiger partial charge in [0.2, 0.25) is 0 Å². The lowest BCUT2D eigenvalue weighted by Crippen LogP contribution is -2.50. The molecule has 0 radical (unpaired) electrons. The predicted octanol–water partition coefficient (Wildman–Crippen LogP) is 8.58. The van der Waals surface area contributed by atoms with Crippen molar-refractivity contribution in [3.63, 3.8) is 0 Å². The fourth-order valence-electron chi connectivity index (χ4n) is 9.71. The van der Waals surface area contributed by atoms with Crippen LogP contribution in [0, 0.1) is 55.3 Å². The molecule has 304 valence electrons. The van der Waals surface area contributed by atoms with Crippen LogP contribution in [0.1, 0.15) is 119 Å². The molecule has 0 atom stereocenters. The highest BCUT2D eigenvalue weighted by molar-refractivity contribution is 7.15. The molecule has 11 nitrogen and oxygen atoms in total. The van der Waals surface area contributed by atoms with E-state index in [1.165, 1.54) is 27.4 Å². The van der Waals surface area contributed by atoms with Crippen molar-refractivity contribution in [2.24, 2.45) is 16.3 Å². The van der Waals surface area contributed by atoms with E-state index in [2.05, 4.69) is 91.2 Å². The summed E-state index contributed by atoms with van der Waals surface area (Å²) in [7, 11) is 0. The molecular weight excluding hydrogens is 790 g/mol. The summed E-state index contributed by atoms with van der Waals surface area (Å²) < 4.78 is 8.36. The Kier molecular flexibility index (Phi) is 9.76. The average Bonchev–Trinajstić information content (AvgIpc) is 3.86. The molecule has 0 unspecified atom stereocenters. The summed E-state index contributed by atoms with van der Waals surface area (Å²) in [6.45, 7) is 8.29. The van der Waals surface area contributed by atoms with Gasteiger partial charge in [-0.05, 0) is 132 Å². The van der Waals surface area contributed by atoms with Gasteiger partial charge in [-0.3, -0.25) is 14.4 Å². The van der Waals surface area contributed by atoms with Gasteiger partial charge in [-0.1, -0.05) is 35.6 Å². The quantitative estimate of drug-likeness (QED) is 0.168. The number of benzene rings is 2. The van der Waals surface area contributed by atoms with Crippen molar-refractivity contribution in [1.29, 1.82) is 5.26 Å². The van der Waals surface area contributed by atoms with E-state index in [-0.39, 0.29) is 29.0 Å². The van der Waals surface area contributed by atoms with Gasteiger partial charge in [0, 0.05) is 52.7 Å². The number of nitriles is 1. The first-order chi connectivity index (χ1) is 29.1. The molecular formula is C47H46ClN9O2S. The first-order valence-corrected chi connectivity index (χ1v) is 22.3. The normalized spacial score (nSPS) is 23.6. The highest BCUT2D eigenvalue weighted by Crippen LogP contribution is 2.53. The zero-order valence-corrected chi connectivity index (χ0v) is 35.7. The number of piperidine rings is 1. The second-order valence-corrected chi connectivity index (χ2v) is 19.0. The number of aryl methyl sites for hydroxylation is 2. The average molecular weight is 836 g/mol. The molecule has 3 aliphatic carbocycles. The topological polar surface area (TPSA) is 134 Å². The van der Waals surface area contributed by atoms with Crippen LogP contribution in [0.4, 0.5) is 5.82 Å². The van der Waals surface area contributed by atoms with Crippen molar-refractivity contribution in [3.8, 4) is 28.7 Å². The highest BCUT2D eigenvalue weighted by atomic mass is 35.5. The Bertz CT molecular complexity index is 2630. The predicted molar refractivity (Wildman–Crippen MR) is 232 cm³/mol. The number of halogens is 1. The molecule has 3 aromatic heterocycles. The second-order valence-electron chi connectivity index (χ2n) is 17.4. The summed E-state index contributed by atoms with van der Waals surface area (Å²) in [4.78, 5) is 22.2. The van der Waals surface area contributed by atoms with Crippen LogP contribution in [0.5, 0.6) is 5.75 Å². The van der Waals surface area contributed by atoms with E-state index >= 15 is 0 Å². The standard InChI is InChI=1S/C47H46ClN9O2S/c1-28-29(2)60-44-41(28)42(51-47(20-21-47)45-55-52-30(3)57(44)45)33-9-7-31(8-10-33)5-6-32-24-46(25-32)19-4-22-56(27-46)40-18-17-39(53-54-40)43(58)50-35-12-15-36(16-13-35)59-37-14-11-34(26-49)38(48)23-37/h7-11,14,17-18,23,32,35-36H,4,12-13,15-16,19-22,24-25,27H2,1-3H3,(H,50,58). The molecule has 5 heterocycles. The minimum atomic E-state index is -0.292. The van der Waals surface area contributed by atoms with Gasteiger partial charge in [-0.15, -0.1) is 31.7 Å². The summed E-state index contributed by atoms with van der Waals surface area (Å²) in [6.07, 6.45) is 9.71. The summed E-state index contributed by atoms with van der Waals surface area (Å²) in [6, 6.07) is 19.6. The molecule has 2 aromatic carbocycles. The molecule has 10 rings (SSSR count). The van der Waals surface area contributed by atoms with Crippen LogP contribution in [-0.2, 0) is 5.54 Å². The molecule has 60 heavy (non-hydrogen) atoms. The van der Waals surface area contributed by atoms with Crippen LogP contribution >= 0.6 is 22.9 Å². The lowest BCUT2D eigenvalue weighted by Gasteiger charge is -2.51. The van der Waals surface area contributed by atoms with E-state index in [4.69, 9.17) is 26.6 Å². The van der Waals surface area contributed by atoms with E-state index < -0.39 is 0 Å². The number of fused-ring (bicyclic) bond motifs is 4. The van der Waals surface area contributed by atoms with E-state index in [9.17, 15) is 4.79 Å². The molecule has 2 spiro atoms. The maximum Gasteiger partial charge on any atom is 0.272 e. The monoisotopic (exact) mass is 835 g/mol. The molecule has 4 fully saturated rings. The molecule has 13 heteroatoms. The number of hydrogen-bond donors (Lipinski definition) is 1. The third-order valence-corrected chi connectivity index (χ3v) is 14.8. The Labute approximate surface area is 359 Å². The van der Waals surface area contributed by atoms with E-state index in [0.717, 1.165) is 105 Å². The van der Waals surface area contributed by atoms with Crippen LogP contribution in [0.2, 0.25) is 5.02 Å². The maximum atomic E-state index is 13.1. The van der Waals surface area contributed by atoms with Crippen molar-refractivity contribution in [2.75, 3.05) is 18.0 Å². The summed E-state index contributed by atoms with van der Waals surface area (Å²) in [5.41, 5.74) is 6.37. The smallest absolute Gasteiger partial charge is 0.272 e. The van der Waals surface area contributed by atoms with Crippen LogP contribution in [0.3, 0.4) is 0 Å². The second kappa shape index (κ2) is 15.2. The van der Waals surface area contributed by atoms with Gasteiger partial charge in [-0.2, -0.15) is 5.26 Å². The minimum absolute atomic E-state index is 0.0354. The Morgan fingerprint density at radius 1 is 0.967 bits per heavy atom. The van der Waals surface area contributed by atoms with E-state index in [1.807, 2.05) is 13.0 Å². The Balaban J connectivity index is 0.728. The lowest BCUT2D eigenvalue weighted by atomic mass is 9.58. The Morgan fingerprint density at radius 3 is 2.48 bits per heavy atom. The fourth-order valence-corrected chi connectivity index (χ4v) is 11.1. The number of nitrogens with one attached hydrogen (secondary N) is 1. The number of nitrogens with zero attached hydrogens (tertiary/aromatic N) is 8. The summed E-state index contributed by atoms with van der Waals surface area (Å²) in [5.74, 6) is 10.6. The number of ether oxygens (including phenoxy) is 1. The lowest BCUT2D eigenvalue weighted by molar-refractivity contribution is 0.0684. The number of hydrogen-bond acceptors (Lipinski definition) is 10. The van der Waals surface area contributed by atoms with Crippen LogP contribution < -0.4 is 15.0 Å². The molecule has 0 bridgehead atoms. The largest absolute Gasteiger partial charge is 0.490 e. The molecule has 5 aliphatic rings. The SMILES string of the molecule is Cc1sc2c(c1C)C(c1ccc(C#CC3CC4(CCCN(c5ccc(C(=O)NC6CCC(Oc7ccc(C#N)c(Cl)c7)CC6)nn5)C4)C3)cc1)=NC1(CC1)c1nnc(C)n1-2. The first kappa shape index (κ1) is 38.6. The number of aromatic nitrogens is 5. The number of carbonyl (C=O) groups excluding carboxylic acids is 1. The molecule has 3 saturated carbocycles. The van der Waals surface area contributed by atoms with Crippen molar-refractivity contribution in [1.82, 2.24) is 30.3 Å². The first-order valence-electron chi connectivity index (χ1n) is 21.1. The van der Waals surface area contributed by atoms with Crippen molar-refractivity contribution >= 4 is 40.4 Å². The third-order valence-electron chi connectivity index (χ3n) is 13.3. The molecule has 1 N–H and O–H groups in total. The highest BCUT2D eigenvalue weighted by Gasteiger charge is 2.51. The van der Waals surface area contributed by atoms with Crippen molar-refractivity contribution < 1.29 is 9.53 Å². The maximum absolute atomic E-state index is 13.1. The minimum Gasteiger partial charge on any atom is -0.490 e. The number of aliphatic imine (C=N–C) groups is 1. The number of carbonyl (C=O) groups is 1.